The van der Waals surface area contributed by atoms with E-state index in [-0.39, 0.29) is 6.42 Å². The highest BCUT2D eigenvalue weighted by atomic mass is 16.4. The molecule has 0 unspecified atom stereocenters. The van der Waals surface area contributed by atoms with E-state index in [1.165, 1.54) is 90.4 Å². The van der Waals surface area contributed by atoms with E-state index in [2.05, 4.69) is 6.92 Å². The average molecular weight is 417 g/mol. The third kappa shape index (κ3) is 15.9. The molecule has 0 aromatic carbocycles. The monoisotopic (exact) mass is 416 g/mol. The summed E-state index contributed by atoms with van der Waals surface area (Å²) in [5, 5.41) is 38.2. The van der Waals surface area contributed by atoms with Crippen molar-refractivity contribution in [2.24, 2.45) is 0 Å². The smallest absolute Gasteiger partial charge is 0.164 e. The molecule has 0 aromatic heterocycles. The summed E-state index contributed by atoms with van der Waals surface area (Å²) in [6.07, 6.45) is 14.4. The molecule has 0 saturated carbocycles. The van der Waals surface area contributed by atoms with Crippen LogP contribution in [0.1, 0.15) is 123 Å². The van der Waals surface area contributed by atoms with Crippen molar-refractivity contribution in [3.63, 3.8) is 0 Å². The van der Waals surface area contributed by atoms with E-state index >= 15 is 0 Å². The molecule has 174 valence electrons. The summed E-state index contributed by atoms with van der Waals surface area (Å²) >= 11 is 0. The lowest BCUT2D eigenvalue weighted by Crippen LogP contribution is -2.46. The second-order valence-corrected chi connectivity index (χ2v) is 8.69. The first-order valence-electron chi connectivity index (χ1n) is 12.2. The van der Waals surface area contributed by atoms with Gasteiger partial charge < -0.3 is 20.4 Å². The van der Waals surface area contributed by atoms with Gasteiger partial charge in [0.05, 0.1) is 6.10 Å². The third-order valence-electron chi connectivity index (χ3n) is 5.77. The number of hydrogen-bond acceptors (Lipinski definition) is 5. The van der Waals surface area contributed by atoms with Crippen LogP contribution in [0.4, 0.5) is 0 Å². The molecule has 0 fully saturated rings. The molecule has 0 aliphatic rings. The Morgan fingerprint density at radius 3 is 1.28 bits per heavy atom. The van der Waals surface area contributed by atoms with Crippen molar-refractivity contribution in [2.45, 2.75) is 147 Å². The second kappa shape index (κ2) is 19.5. The van der Waals surface area contributed by atoms with Gasteiger partial charge in [-0.25, -0.2) is 0 Å². The van der Waals surface area contributed by atoms with Crippen molar-refractivity contribution in [2.75, 3.05) is 0 Å². The number of carbonyl (C=O) groups is 1. The minimum absolute atomic E-state index is 0.198. The molecule has 5 nitrogen and oxygen atoms in total. The van der Waals surface area contributed by atoms with Gasteiger partial charge in [-0.05, 0) is 13.3 Å². The molecule has 5 heteroatoms. The predicted molar refractivity (Wildman–Crippen MR) is 119 cm³/mol. The topological polar surface area (TPSA) is 98.0 Å². The Hall–Kier alpha value is -0.490. The largest absolute Gasteiger partial charge is 0.391 e. The molecule has 0 amide bonds. The van der Waals surface area contributed by atoms with Crippen molar-refractivity contribution < 1.29 is 25.2 Å². The van der Waals surface area contributed by atoms with Crippen LogP contribution in [0.2, 0.25) is 0 Å². The highest BCUT2D eigenvalue weighted by Crippen LogP contribution is 2.15. The van der Waals surface area contributed by atoms with Crippen LogP contribution in [0, 0.1) is 0 Å². The van der Waals surface area contributed by atoms with Gasteiger partial charge in [-0.2, -0.15) is 0 Å². The molecule has 0 aliphatic heterocycles. The van der Waals surface area contributed by atoms with Crippen molar-refractivity contribution >= 4 is 5.78 Å². The van der Waals surface area contributed by atoms with E-state index in [1.54, 1.807) is 0 Å². The number of unbranched alkanes of at least 4 members (excludes halogenated alkanes) is 15. The fourth-order valence-corrected chi connectivity index (χ4v) is 3.66. The molecular formula is C24H48O5. The Balaban J connectivity index is 3.41. The number of rotatable bonds is 21. The van der Waals surface area contributed by atoms with Crippen LogP contribution < -0.4 is 0 Å². The first-order valence-corrected chi connectivity index (χ1v) is 12.2. The Morgan fingerprint density at radius 2 is 0.931 bits per heavy atom. The minimum atomic E-state index is -1.64. The quantitative estimate of drug-likeness (QED) is 0.204. The molecular weight excluding hydrogens is 368 g/mol. The molecule has 0 bridgehead atoms. The normalized spacial score (nSPS) is 15.8. The summed E-state index contributed by atoms with van der Waals surface area (Å²) < 4.78 is 0. The molecule has 29 heavy (non-hydrogen) atoms. The molecule has 0 rings (SSSR count). The fraction of sp³-hybridized carbons (Fsp3) is 0.958. The number of carbonyl (C=O) groups excluding carboxylic acids is 1. The Labute approximate surface area is 178 Å². The van der Waals surface area contributed by atoms with E-state index in [4.69, 9.17) is 0 Å². The van der Waals surface area contributed by atoms with Gasteiger partial charge in [0.1, 0.15) is 18.3 Å². The van der Waals surface area contributed by atoms with Gasteiger partial charge >= 0.3 is 0 Å². The number of hydrogen-bond donors (Lipinski definition) is 4. The molecule has 4 N–H and O–H groups in total. The van der Waals surface area contributed by atoms with Crippen LogP contribution in [0.5, 0.6) is 0 Å². The van der Waals surface area contributed by atoms with Crippen LogP contribution in [-0.4, -0.2) is 50.6 Å². The zero-order valence-electron chi connectivity index (χ0n) is 19.0. The maximum Gasteiger partial charge on any atom is 0.164 e. The number of ketones is 1. The summed E-state index contributed by atoms with van der Waals surface area (Å²) in [6, 6.07) is 0. The van der Waals surface area contributed by atoms with Crippen LogP contribution in [0.3, 0.4) is 0 Å². The van der Waals surface area contributed by atoms with E-state index in [0.717, 1.165) is 12.8 Å². The van der Waals surface area contributed by atoms with Gasteiger partial charge in [-0.15, -0.1) is 0 Å². The maximum atomic E-state index is 11.9. The zero-order chi connectivity index (χ0) is 21.9. The van der Waals surface area contributed by atoms with Gasteiger partial charge in [0.25, 0.3) is 0 Å². The lowest BCUT2D eigenvalue weighted by atomic mass is 9.97. The van der Waals surface area contributed by atoms with E-state index < -0.39 is 30.2 Å². The van der Waals surface area contributed by atoms with E-state index in [9.17, 15) is 25.2 Å². The van der Waals surface area contributed by atoms with Crippen molar-refractivity contribution in [3.05, 3.63) is 0 Å². The van der Waals surface area contributed by atoms with Gasteiger partial charge in [0, 0.05) is 6.42 Å². The zero-order valence-corrected chi connectivity index (χ0v) is 19.0. The molecule has 0 aromatic rings. The van der Waals surface area contributed by atoms with Crippen LogP contribution in [-0.2, 0) is 4.79 Å². The fourth-order valence-electron chi connectivity index (χ4n) is 3.66. The van der Waals surface area contributed by atoms with Crippen LogP contribution in [0.15, 0.2) is 0 Å². The van der Waals surface area contributed by atoms with Gasteiger partial charge in [-0.1, -0.05) is 103 Å². The maximum absolute atomic E-state index is 11.9. The lowest BCUT2D eigenvalue weighted by molar-refractivity contribution is -0.143. The predicted octanol–water partition coefficient (Wildman–Crippen LogP) is 4.67. The summed E-state index contributed by atoms with van der Waals surface area (Å²) in [4.78, 5) is 11.9. The number of aliphatic hydroxyl groups excluding tert-OH is 4. The molecule has 0 radical (unpaired) electrons. The molecule has 0 aliphatic carbocycles. The highest BCUT2D eigenvalue weighted by Gasteiger charge is 2.32. The number of Topliss-reactive ketones (excluding diaryl/α,β-unsaturated/α-hetero) is 1. The van der Waals surface area contributed by atoms with Gasteiger partial charge in [0.15, 0.2) is 5.78 Å². The lowest BCUT2D eigenvalue weighted by Gasteiger charge is -2.23. The minimum Gasteiger partial charge on any atom is -0.391 e. The summed E-state index contributed by atoms with van der Waals surface area (Å²) in [7, 11) is 0. The van der Waals surface area contributed by atoms with Gasteiger partial charge in [-0.3, -0.25) is 4.79 Å². The first kappa shape index (κ1) is 28.5. The van der Waals surface area contributed by atoms with E-state index in [1.807, 2.05) is 0 Å². The van der Waals surface area contributed by atoms with Crippen molar-refractivity contribution in [1.29, 1.82) is 0 Å². The SMILES string of the molecule is CCCCCCCCCCCCCCCCCCC(=O)[C@H](O)[C@H](O)[C@@H](O)[C@H](C)O. The average Bonchev–Trinajstić information content (AvgIpc) is 2.71. The van der Waals surface area contributed by atoms with Crippen molar-refractivity contribution in [3.8, 4) is 0 Å². The van der Waals surface area contributed by atoms with Gasteiger partial charge in [0.2, 0.25) is 0 Å². The first-order chi connectivity index (χ1) is 13.9. The number of aliphatic hydroxyl groups is 4. The molecule has 0 heterocycles. The van der Waals surface area contributed by atoms with Crippen LogP contribution >= 0.6 is 0 Å². The summed E-state index contributed by atoms with van der Waals surface area (Å²) in [5.41, 5.74) is 0. The summed E-state index contributed by atoms with van der Waals surface area (Å²) in [5.74, 6) is -0.470. The standard InChI is InChI=1S/C24H48O5/c1-3-4-5-6-7-8-9-10-11-12-13-14-15-16-17-18-19-21(26)23(28)24(29)22(27)20(2)25/h20,22-25,27-29H,3-19H2,1-2H3/t20-,22-,23-,24+/m0/s1. The van der Waals surface area contributed by atoms with Crippen molar-refractivity contribution in [1.82, 2.24) is 0 Å². The third-order valence-corrected chi connectivity index (χ3v) is 5.77. The Kier molecular flexibility index (Phi) is 19.1. The van der Waals surface area contributed by atoms with E-state index in [0.29, 0.717) is 6.42 Å². The molecule has 0 saturated heterocycles. The summed E-state index contributed by atoms with van der Waals surface area (Å²) in [6.45, 7) is 3.56. The Bertz CT molecular complexity index is 372. The Morgan fingerprint density at radius 1 is 0.586 bits per heavy atom. The second-order valence-electron chi connectivity index (χ2n) is 8.69. The highest BCUT2D eigenvalue weighted by molar-refractivity contribution is 5.83. The molecule has 4 atom stereocenters. The molecule has 0 spiro atoms. The van der Waals surface area contributed by atoms with Crippen LogP contribution in [0.25, 0.3) is 0 Å².